The van der Waals surface area contributed by atoms with Gasteiger partial charge in [-0.05, 0) is 39.7 Å². The lowest BCUT2D eigenvalue weighted by atomic mass is 10.2. The average molecular weight is 380 g/mol. The van der Waals surface area contributed by atoms with Crippen LogP contribution in [0.2, 0.25) is 0 Å². The summed E-state index contributed by atoms with van der Waals surface area (Å²) in [5.41, 5.74) is 1.36. The van der Waals surface area contributed by atoms with Crippen molar-refractivity contribution in [3.05, 3.63) is 42.3 Å². The highest BCUT2D eigenvalue weighted by atomic mass is 16.6. The second-order valence-electron chi connectivity index (χ2n) is 7.68. The third kappa shape index (κ3) is 4.94. The minimum atomic E-state index is -0.502. The minimum absolute atomic E-state index is 0.0656. The molecular formula is C20H24N6O2. The quantitative estimate of drug-likeness (QED) is 0.810. The van der Waals surface area contributed by atoms with E-state index in [4.69, 9.17) is 11.3 Å². The highest BCUT2D eigenvalue weighted by Gasteiger charge is 2.31. The highest BCUT2D eigenvalue weighted by Crippen LogP contribution is 2.23. The van der Waals surface area contributed by atoms with Crippen LogP contribution in [0.25, 0.3) is 16.1 Å². The smallest absolute Gasteiger partial charge is 0.410 e. The summed E-state index contributed by atoms with van der Waals surface area (Å²) in [7, 11) is 0. The van der Waals surface area contributed by atoms with Crippen molar-refractivity contribution >= 4 is 17.6 Å². The molecule has 146 valence electrons. The maximum absolute atomic E-state index is 12.4. The number of likely N-dealkylation sites (tertiary alicyclic amines) is 1. The number of carbonyl (C=O) groups is 1. The fourth-order valence-electron chi connectivity index (χ4n) is 3.03. The molecule has 1 N–H and O–H groups in total. The summed E-state index contributed by atoms with van der Waals surface area (Å²) in [6.45, 7) is 14.0. The van der Waals surface area contributed by atoms with Gasteiger partial charge in [0.25, 0.3) is 0 Å². The monoisotopic (exact) mass is 380 g/mol. The molecule has 1 amide bonds. The van der Waals surface area contributed by atoms with Crippen LogP contribution in [0, 0.1) is 6.57 Å². The van der Waals surface area contributed by atoms with Crippen molar-refractivity contribution < 1.29 is 9.53 Å². The SMILES string of the molecule is [C-]#[N+]c1cncc(-c2cnc(NC[C@@H]3CCCN3C(=O)OC(C)(C)C)cn2)c1. The van der Waals surface area contributed by atoms with E-state index in [1.54, 1.807) is 29.6 Å². The van der Waals surface area contributed by atoms with Gasteiger partial charge in [-0.3, -0.25) is 9.97 Å². The van der Waals surface area contributed by atoms with Gasteiger partial charge in [-0.2, -0.15) is 0 Å². The molecule has 1 aliphatic rings. The van der Waals surface area contributed by atoms with Crippen LogP contribution in [0.1, 0.15) is 33.6 Å². The van der Waals surface area contributed by atoms with Gasteiger partial charge in [0.2, 0.25) is 5.69 Å². The van der Waals surface area contributed by atoms with Crippen molar-refractivity contribution in [3.8, 4) is 11.3 Å². The number of hydrogen-bond acceptors (Lipinski definition) is 6. The molecule has 2 aromatic heterocycles. The summed E-state index contributed by atoms with van der Waals surface area (Å²) in [5, 5.41) is 3.25. The molecule has 1 atom stereocenters. The molecule has 2 aromatic rings. The molecule has 8 nitrogen and oxygen atoms in total. The fourth-order valence-corrected chi connectivity index (χ4v) is 3.03. The van der Waals surface area contributed by atoms with Gasteiger partial charge in [0.05, 0.1) is 30.7 Å². The zero-order chi connectivity index (χ0) is 20.1. The number of anilines is 1. The third-order valence-electron chi connectivity index (χ3n) is 4.32. The van der Waals surface area contributed by atoms with Crippen LogP contribution in [-0.4, -0.2) is 50.7 Å². The molecule has 0 aromatic carbocycles. The zero-order valence-electron chi connectivity index (χ0n) is 16.3. The van der Waals surface area contributed by atoms with E-state index in [0.717, 1.165) is 18.4 Å². The number of amides is 1. The highest BCUT2D eigenvalue weighted by molar-refractivity contribution is 5.69. The van der Waals surface area contributed by atoms with E-state index in [9.17, 15) is 4.79 Å². The molecule has 0 radical (unpaired) electrons. The number of hydrogen-bond donors (Lipinski definition) is 1. The number of pyridine rings is 1. The molecule has 1 fully saturated rings. The molecule has 0 unspecified atom stereocenters. The molecular weight excluding hydrogens is 356 g/mol. The number of carbonyl (C=O) groups excluding carboxylic acids is 1. The first-order valence-electron chi connectivity index (χ1n) is 9.24. The first-order valence-corrected chi connectivity index (χ1v) is 9.24. The van der Waals surface area contributed by atoms with Gasteiger partial charge in [0.15, 0.2) is 0 Å². The lowest BCUT2D eigenvalue weighted by Gasteiger charge is -2.28. The fraction of sp³-hybridized carbons (Fsp3) is 0.450. The van der Waals surface area contributed by atoms with Crippen LogP contribution in [0.15, 0.2) is 30.9 Å². The lowest BCUT2D eigenvalue weighted by molar-refractivity contribution is 0.0235. The normalized spacial score (nSPS) is 16.5. The van der Waals surface area contributed by atoms with Crippen molar-refractivity contribution in [2.24, 2.45) is 0 Å². The maximum Gasteiger partial charge on any atom is 0.410 e. The predicted octanol–water partition coefficient (Wildman–Crippen LogP) is 3.90. The molecule has 1 saturated heterocycles. The van der Waals surface area contributed by atoms with Crippen LogP contribution < -0.4 is 5.32 Å². The number of rotatable bonds is 4. The third-order valence-corrected chi connectivity index (χ3v) is 4.32. The van der Waals surface area contributed by atoms with Crippen LogP contribution >= 0.6 is 0 Å². The van der Waals surface area contributed by atoms with Gasteiger partial charge >= 0.3 is 6.09 Å². The summed E-state index contributed by atoms with van der Waals surface area (Å²) in [4.78, 5) is 30.3. The Kier molecular flexibility index (Phi) is 5.73. The second-order valence-corrected chi connectivity index (χ2v) is 7.68. The van der Waals surface area contributed by atoms with Crippen molar-refractivity contribution in [2.45, 2.75) is 45.3 Å². The van der Waals surface area contributed by atoms with Crippen molar-refractivity contribution in [3.63, 3.8) is 0 Å². The Morgan fingerprint density at radius 3 is 2.82 bits per heavy atom. The number of aromatic nitrogens is 3. The Balaban J connectivity index is 1.60. The molecule has 0 aliphatic carbocycles. The van der Waals surface area contributed by atoms with Crippen LogP contribution in [0.5, 0.6) is 0 Å². The van der Waals surface area contributed by atoms with Crippen molar-refractivity contribution in [1.29, 1.82) is 0 Å². The Bertz CT molecular complexity index is 870. The van der Waals surface area contributed by atoms with Crippen LogP contribution in [-0.2, 0) is 4.74 Å². The predicted molar refractivity (Wildman–Crippen MR) is 106 cm³/mol. The van der Waals surface area contributed by atoms with E-state index in [2.05, 4.69) is 25.1 Å². The molecule has 28 heavy (non-hydrogen) atoms. The van der Waals surface area contributed by atoms with E-state index >= 15 is 0 Å². The Morgan fingerprint density at radius 2 is 2.14 bits per heavy atom. The number of nitrogens with one attached hydrogen (secondary N) is 1. The van der Waals surface area contributed by atoms with E-state index in [1.165, 1.54) is 6.20 Å². The summed E-state index contributed by atoms with van der Waals surface area (Å²) in [6, 6.07) is 1.80. The van der Waals surface area contributed by atoms with Gasteiger partial charge < -0.3 is 15.0 Å². The van der Waals surface area contributed by atoms with E-state index < -0.39 is 5.60 Å². The van der Waals surface area contributed by atoms with Gasteiger partial charge in [-0.1, -0.05) is 0 Å². The summed E-state index contributed by atoms with van der Waals surface area (Å²) in [5.74, 6) is 0.633. The van der Waals surface area contributed by atoms with Crippen LogP contribution in [0.4, 0.5) is 16.3 Å². The topological polar surface area (TPSA) is 84.6 Å². The first-order chi connectivity index (χ1) is 13.4. The Morgan fingerprint density at radius 1 is 1.32 bits per heavy atom. The van der Waals surface area contributed by atoms with E-state index in [-0.39, 0.29) is 12.1 Å². The summed E-state index contributed by atoms with van der Waals surface area (Å²) in [6.07, 6.45) is 8.07. The molecule has 8 heteroatoms. The van der Waals surface area contributed by atoms with Gasteiger partial charge in [-0.25, -0.2) is 14.6 Å². The minimum Gasteiger partial charge on any atom is -0.444 e. The summed E-state index contributed by atoms with van der Waals surface area (Å²) < 4.78 is 5.49. The number of ether oxygens (including phenoxy) is 1. The number of nitrogens with zero attached hydrogens (tertiary/aromatic N) is 5. The lowest BCUT2D eigenvalue weighted by Crippen LogP contribution is -2.42. The van der Waals surface area contributed by atoms with E-state index in [0.29, 0.717) is 30.3 Å². The molecule has 0 saturated carbocycles. The zero-order valence-corrected chi connectivity index (χ0v) is 16.3. The molecule has 1 aliphatic heterocycles. The van der Waals surface area contributed by atoms with Crippen molar-refractivity contribution in [2.75, 3.05) is 18.4 Å². The average Bonchev–Trinajstić information content (AvgIpc) is 3.14. The Labute approximate surface area is 164 Å². The standard InChI is InChI=1S/C20H24N6O2/c1-20(2,3)28-19(27)26-7-5-6-16(26)11-24-18-13-23-17(12-25-18)14-8-15(21-4)10-22-9-14/h8-10,12-13,16H,5-7,11H2,1-3H3,(H,24,25)/t16-/m0/s1. The molecule has 3 heterocycles. The maximum atomic E-state index is 12.4. The van der Waals surface area contributed by atoms with Gasteiger partial charge in [0.1, 0.15) is 11.4 Å². The molecule has 0 spiro atoms. The van der Waals surface area contributed by atoms with Gasteiger partial charge in [-0.15, -0.1) is 0 Å². The van der Waals surface area contributed by atoms with Crippen LogP contribution in [0.3, 0.4) is 0 Å². The largest absolute Gasteiger partial charge is 0.444 e. The van der Waals surface area contributed by atoms with Crippen molar-refractivity contribution in [1.82, 2.24) is 19.9 Å². The first kappa shape index (κ1) is 19.5. The van der Waals surface area contributed by atoms with Gasteiger partial charge in [0, 0.05) is 31.0 Å². The van der Waals surface area contributed by atoms with E-state index in [1.807, 2.05) is 20.8 Å². The second kappa shape index (κ2) is 8.21. The summed E-state index contributed by atoms with van der Waals surface area (Å²) >= 11 is 0. The Hall–Kier alpha value is -3.21. The molecule has 0 bridgehead atoms. The molecule has 3 rings (SSSR count).